The number of rotatable bonds is 4. The summed E-state index contributed by atoms with van der Waals surface area (Å²) in [6, 6.07) is 0.781. The second kappa shape index (κ2) is 6.05. The third kappa shape index (κ3) is 3.83. The average molecular weight is 179 g/mol. The summed E-state index contributed by atoms with van der Waals surface area (Å²) in [5.41, 5.74) is 0. The second-order valence-electron chi connectivity index (χ2n) is 3.92. The van der Waals surface area contributed by atoms with Crippen molar-refractivity contribution in [3.8, 4) is 11.8 Å². The van der Waals surface area contributed by atoms with Gasteiger partial charge in [-0.2, -0.15) is 0 Å². The zero-order chi connectivity index (χ0) is 9.52. The fraction of sp³-hybridized carbons (Fsp3) is 0.833. The van der Waals surface area contributed by atoms with Crippen LogP contribution < -0.4 is 5.32 Å². The van der Waals surface area contributed by atoms with E-state index in [1.54, 1.807) is 0 Å². The highest BCUT2D eigenvalue weighted by molar-refractivity contribution is 4.95. The highest BCUT2D eigenvalue weighted by Crippen LogP contribution is 2.27. The first-order valence-corrected chi connectivity index (χ1v) is 5.49. The van der Waals surface area contributed by atoms with E-state index in [4.69, 9.17) is 0 Å². The molecule has 0 aromatic carbocycles. The maximum absolute atomic E-state index is 3.58. The molecule has 13 heavy (non-hydrogen) atoms. The fourth-order valence-electron chi connectivity index (χ4n) is 2.09. The van der Waals surface area contributed by atoms with E-state index in [1.165, 1.54) is 25.7 Å². The smallest absolute Gasteiger partial charge is 0.0214 e. The zero-order valence-electron chi connectivity index (χ0n) is 8.90. The van der Waals surface area contributed by atoms with E-state index < -0.39 is 0 Å². The van der Waals surface area contributed by atoms with Crippen LogP contribution in [0.5, 0.6) is 0 Å². The van der Waals surface area contributed by atoms with E-state index >= 15 is 0 Å². The molecule has 1 rings (SSSR count). The molecule has 1 N–H and O–H groups in total. The van der Waals surface area contributed by atoms with E-state index in [2.05, 4.69) is 24.1 Å². The molecule has 74 valence electrons. The molecule has 1 aliphatic rings. The second-order valence-corrected chi connectivity index (χ2v) is 3.92. The molecule has 1 heteroatoms. The summed E-state index contributed by atoms with van der Waals surface area (Å²) >= 11 is 0. The monoisotopic (exact) mass is 179 g/mol. The van der Waals surface area contributed by atoms with Gasteiger partial charge in [0.2, 0.25) is 0 Å². The predicted molar refractivity (Wildman–Crippen MR) is 57.5 cm³/mol. The summed E-state index contributed by atoms with van der Waals surface area (Å²) in [5.74, 6) is 6.99. The number of nitrogens with one attached hydrogen (secondary N) is 1. The molecule has 1 aliphatic carbocycles. The van der Waals surface area contributed by atoms with Crippen molar-refractivity contribution >= 4 is 0 Å². The van der Waals surface area contributed by atoms with Gasteiger partial charge in [-0.1, -0.05) is 13.3 Å². The van der Waals surface area contributed by atoms with Crippen LogP contribution in [0.2, 0.25) is 0 Å². The summed E-state index contributed by atoms with van der Waals surface area (Å²) in [6.07, 6.45) is 6.54. The van der Waals surface area contributed by atoms with Gasteiger partial charge in [0.1, 0.15) is 0 Å². The standard InChI is InChI=1S/C12H21N/c1-3-5-6-9-13-12-8-7-11(4-2)10-12/h11-13H,4,6-10H2,1-2H3. The van der Waals surface area contributed by atoms with Gasteiger partial charge in [0.25, 0.3) is 0 Å². The van der Waals surface area contributed by atoms with Crippen molar-refractivity contribution in [1.82, 2.24) is 5.32 Å². The van der Waals surface area contributed by atoms with E-state index in [1.807, 2.05) is 6.92 Å². The van der Waals surface area contributed by atoms with E-state index in [0.29, 0.717) is 0 Å². The Hall–Kier alpha value is -0.480. The van der Waals surface area contributed by atoms with Crippen molar-refractivity contribution in [3.63, 3.8) is 0 Å². The topological polar surface area (TPSA) is 12.0 Å². The van der Waals surface area contributed by atoms with Gasteiger partial charge in [0.05, 0.1) is 0 Å². The van der Waals surface area contributed by atoms with Gasteiger partial charge >= 0.3 is 0 Å². The third-order valence-corrected chi connectivity index (χ3v) is 2.98. The number of hydrogen-bond acceptors (Lipinski definition) is 1. The largest absolute Gasteiger partial charge is 0.313 e. The fourth-order valence-corrected chi connectivity index (χ4v) is 2.09. The lowest BCUT2D eigenvalue weighted by Gasteiger charge is -2.10. The summed E-state index contributed by atoms with van der Waals surface area (Å²) in [7, 11) is 0. The lowest BCUT2D eigenvalue weighted by Crippen LogP contribution is -2.27. The Morgan fingerprint density at radius 2 is 2.23 bits per heavy atom. The Bertz CT molecular complexity index is 187. The Balaban J connectivity index is 2.05. The lowest BCUT2D eigenvalue weighted by atomic mass is 10.1. The zero-order valence-corrected chi connectivity index (χ0v) is 8.90. The molecular weight excluding hydrogens is 158 g/mol. The van der Waals surface area contributed by atoms with Gasteiger partial charge in [-0.3, -0.25) is 0 Å². The Kier molecular flexibility index (Phi) is 4.93. The first-order chi connectivity index (χ1) is 6.36. The molecule has 0 bridgehead atoms. The molecule has 0 radical (unpaired) electrons. The van der Waals surface area contributed by atoms with E-state index in [-0.39, 0.29) is 0 Å². The Morgan fingerprint density at radius 1 is 1.38 bits per heavy atom. The minimum absolute atomic E-state index is 0.781. The van der Waals surface area contributed by atoms with Crippen molar-refractivity contribution in [2.75, 3.05) is 6.54 Å². The highest BCUT2D eigenvalue weighted by atomic mass is 14.9. The minimum atomic E-state index is 0.781. The molecule has 1 fully saturated rings. The molecule has 2 unspecified atom stereocenters. The third-order valence-electron chi connectivity index (χ3n) is 2.98. The molecule has 0 aromatic heterocycles. The quantitative estimate of drug-likeness (QED) is 0.516. The lowest BCUT2D eigenvalue weighted by molar-refractivity contribution is 0.481. The maximum atomic E-state index is 3.58. The number of hydrogen-bond donors (Lipinski definition) is 1. The van der Waals surface area contributed by atoms with Gasteiger partial charge < -0.3 is 5.32 Å². The van der Waals surface area contributed by atoms with Crippen LogP contribution in [0.25, 0.3) is 0 Å². The molecule has 0 aromatic rings. The van der Waals surface area contributed by atoms with Gasteiger partial charge in [0, 0.05) is 19.0 Å². The Morgan fingerprint density at radius 3 is 2.85 bits per heavy atom. The van der Waals surface area contributed by atoms with Gasteiger partial charge in [-0.25, -0.2) is 0 Å². The average Bonchev–Trinajstić information content (AvgIpc) is 2.60. The summed E-state index contributed by atoms with van der Waals surface area (Å²) in [5, 5.41) is 3.58. The molecule has 2 atom stereocenters. The molecular formula is C12H21N. The highest BCUT2D eigenvalue weighted by Gasteiger charge is 2.21. The predicted octanol–water partition coefficient (Wildman–Crippen LogP) is 2.57. The molecule has 0 spiro atoms. The van der Waals surface area contributed by atoms with Gasteiger partial charge in [-0.05, 0) is 32.1 Å². The Labute approximate surface area is 82.3 Å². The molecule has 0 amide bonds. The van der Waals surface area contributed by atoms with Crippen LogP contribution in [-0.4, -0.2) is 12.6 Å². The van der Waals surface area contributed by atoms with E-state index in [9.17, 15) is 0 Å². The SMILES string of the molecule is CC#CCCNC1CCC(CC)C1. The minimum Gasteiger partial charge on any atom is -0.313 e. The summed E-state index contributed by atoms with van der Waals surface area (Å²) in [4.78, 5) is 0. The molecule has 1 saturated carbocycles. The van der Waals surface area contributed by atoms with Gasteiger partial charge in [0.15, 0.2) is 0 Å². The summed E-state index contributed by atoms with van der Waals surface area (Å²) in [6.45, 7) is 5.28. The normalized spacial score (nSPS) is 26.9. The van der Waals surface area contributed by atoms with Crippen molar-refractivity contribution in [2.45, 2.75) is 52.0 Å². The van der Waals surface area contributed by atoms with Gasteiger partial charge in [-0.15, -0.1) is 11.8 Å². The molecule has 0 saturated heterocycles. The molecule has 0 heterocycles. The maximum Gasteiger partial charge on any atom is 0.0214 e. The van der Waals surface area contributed by atoms with Crippen LogP contribution in [-0.2, 0) is 0 Å². The van der Waals surface area contributed by atoms with Crippen LogP contribution in [0.1, 0.15) is 46.0 Å². The van der Waals surface area contributed by atoms with E-state index in [0.717, 1.165) is 24.9 Å². The van der Waals surface area contributed by atoms with Crippen molar-refractivity contribution in [3.05, 3.63) is 0 Å². The van der Waals surface area contributed by atoms with Crippen LogP contribution >= 0.6 is 0 Å². The van der Waals surface area contributed by atoms with Crippen molar-refractivity contribution in [1.29, 1.82) is 0 Å². The van der Waals surface area contributed by atoms with Crippen LogP contribution in [0.3, 0.4) is 0 Å². The van der Waals surface area contributed by atoms with Crippen LogP contribution in [0.15, 0.2) is 0 Å². The van der Waals surface area contributed by atoms with Crippen molar-refractivity contribution < 1.29 is 0 Å². The van der Waals surface area contributed by atoms with Crippen LogP contribution in [0.4, 0.5) is 0 Å². The van der Waals surface area contributed by atoms with Crippen molar-refractivity contribution in [2.24, 2.45) is 5.92 Å². The molecule has 1 nitrogen and oxygen atoms in total. The van der Waals surface area contributed by atoms with Crippen LogP contribution in [0, 0.1) is 17.8 Å². The molecule has 0 aliphatic heterocycles. The first-order valence-electron chi connectivity index (χ1n) is 5.49. The summed E-state index contributed by atoms with van der Waals surface area (Å²) < 4.78 is 0. The first kappa shape index (κ1) is 10.6.